The van der Waals surface area contributed by atoms with E-state index < -0.39 is 21.5 Å². The maximum atomic E-state index is 12.5. The summed E-state index contributed by atoms with van der Waals surface area (Å²) in [6, 6.07) is 13.3. The molecule has 0 saturated carbocycles. The fourth-order valence-corrected chi connectivity index (χ4v) is 4.65. The van der Waals surface area contributed by atoms with E-state index in [1.807, 2.05) is 31.2 Å². The van der Waals surface area contributed by atoms with Crippen LogP contribution in [-0.2, 0) is 14.6 Å². The lowest BCUT2D eigenvalue weighted by atomic mass is 10.1. The highest BCUT2D eigenvalue weighted by Crippen LogP contribution is 2.31. The SMILES string of the molecule is COc1ccc(-c2nc(NC(=O)CS(=O)(=O)c3ccc(OC)cc3)sc2C)cc1. The van der Waals surface area contributed by atoms with Crippen LogP contribution in [0.5, 0.6) is 11.5 Å². The molecule has 0 aliphatic rings. The highest BCUT2D eigenvalue weighted by molar-refractivity contribution is 7.92. The van der Waals surface area contributed by atoms with Crippen molar-refractivity contribution in [3.8, 4) is 22.8 Å². The van der Waals surface area contributed by atoms with E-state index >= 15 is 0 Å². The number of nitrogens with one attached hydrogen (secondary N) is 1. The fraction of sp³-hybridized carbons (Fsp3) is 0.200. The summed E-state index contributed by atoms with van der Waals surface area (Å²) < 4.78 is 35.1. The number of methoxy groups -OCH3 is 2. The van der Waals surface area contributed by atoms with Crippen LogP contribution in [0.4, 0.5) is 5.13 Å². The fourth-order valence-electron chi connectivity index (χ4n) is 2.66. The minimum atomic E-state index is -3.77. The molecule has 1 N–H and O–H groups in total. The van der Waals surface area contributed by atoms with Gasteiger partial charge < -0.3 is 14.8 Å². The number of aromatic nitrogens is 1. The molecule has 0 bridgehead atoms. The molecule has 0 aliphatic heterocycles. The molecule has 0 spiro atoms. The summed E-state index contributed by atoms with van der Waals surface area (Å²) in [4.78, 5) is 17.7. The van der Waals surface area contributed by atoms with E-state index in [1.54, 1.807) is 7.11 Å². The topological polar surface area (TPSA) is 94.6 Å². The first-order valence-electron chi connectivity index (χ1n) is 8.61. The second-order valence-electron chi connectivity index (χ2n) is 6.14. The van der Waals surface area contributed by atoms with Crippen molar-refractivity contribution in [1.82, 2.24) is 4.98 Å². The molecule has 0 aliphatic carbocycles. The minimum Gasteiger partial charge on any atom is -0.497 e. The Bertz CT molecular complexity index is 1100. The van der Waals surface area contributed by atoms with Gasteiger partial charge in [-0.25, -0.2) is 13.4 Å². The summed E-state index contributed by atoms with van der Waals surface area (Å²) in [6.45, 7) is 1.89. The molecule has 3 rings (SSSR count). The molecule has 2 aromatic carbocycles. The number of benzene rings is 2. The van der Waals surface area contributed by atoms with E-state index in [1.165, 1.54) is 42.7 Å². The molecule has 1 heterocycles. The van der Waals surface area contributed by atoms with Crippen molar-refractivity contribution in [3.05, 3.63) is 53.4 Å². The second-order valence-corrected chi connectivity index (χ2v) is 9.33. The molecule has 1 aromatic heterocycles. The van der Waals surface area contributed by atoms with Gasteiger partial charge in [-0.15, -0.1) is 11.3 Å². The Morgan fingerprint density at radius 2 is 1.55 bits per heavy atom. The van der Waals surface area contributed by atoms with Crippen LogP contribution in [0.25, 0.3) is 11.3 Å². The Balaban J connectivity index is 1.71. The first kappa shape index (κ1) is 20.8. The monoisotopic (exact) mass is 432 g/mol. The third-order valence-corrected chi connectivity index (χ3v) is 6.66. The summed E-state index contributed by atoms with van der Waals surface area (Å²) in [7, 11) is -0.685. The molecule has 3 aromatic rings. The first-order valence-corrected chi connectivity index (χ1v) is 11.1. The van der Waals surface area contributed by atoms with E-state index in [4.69, 9.17) is 9.47 Å². The molecular formula is C20H20N2O5S2. The lowest BCUT2D eigenvalue weighted by Gasteiger charge is -2.05. The zero-order chi connectivity index (χ0) is 21.0. The summed E-state index contributed by atoms with van der Waals surface area (Å²) in [5.74, 6) is -0.0389. The van der Waals surface area contributed by atoms with Crippen molar-refractivity contribution < 1.29 is 22.7 Å². The summed E-state index contributed by atoms with van der Waals surface area (Å²) in [5.41, 5.74) is 1.61. The highest BCUT2D eigenvalue weighted by atomic mass is 32.2. The number of anilines is 1. The summed E-state index contributed by atoms with van der Waals surface area (Å²) in [6.07, 6.45) is 0. The molecule has 0 saturated heterocycles. The summed E-state index contributed by atoms with van der Waals surface area (Å²) >= 11 is 1.29. The number of amides is 1. The number of nitrogens with zero attached hydrogens (tertiary/aromatic N) is 1. The smallest absolute Gasteiger partial charge is 0.241 e. The number of thiazole rings is 1. The Kier molecular flexibility index (Phi) is 6.19. The van der Waals surface area contributed by atoms with Gasteiger partial charge in [-0.2, -0.15) is 0 Å². The number of hydrogen-bond acceptors (Lipinski definition) is 7. The molecule has 0 atom stereocenters. The number of rotatable bonds is 7. The molecule has 152 valence electrons. The molecule has 0 unspecified atom stereocenters. The van der Waals surface area contributed by atoms with E-state index in [2.05, 4.69) is 10.3 Å². The maximum absolute atomic E-state index is 12.5. The zero-order valence-electron chi connectivity index (χ0n) is 16.1. The Morgan fingerprint density at radius 3 is 2.10 bits per heavy atom. The van der Waals surface area contributed by atoms with E-state index in [0.717, 1.165) is 21.9 Å². The second kappa shape index (κ2) is 8.62. The van der Waals surface area contributed by atoms with Gasteiger partial charge in [0.2, 0.25) is 5.91 Å². The molecule has 0 fully saturated rings. The van der Waals surface area contributed by atoms with E-state index in [9.17, 15) is 13.2 Å². The number of carbonyl (C=O) groups is 1. The van der Waals surface area contributed by atoms with Gasteiger partial charge in [0, 0.05) is 10.4 Å². The van der Waals surface area contributed by atoms with Crippen LogP contribution in [-0.4, -0.2) is 39.3 Å². The number of hydrogen-bond donors (Lipinski definition) is 1. The van der Waals surface area contributed by atoms with Crippen molar-refractivity contribution in [2.24, 2.45) is 0 Å². The normalized spacial score (nSPS) is 11.1. The Morgan fingerprint density at radius 1 is 1.00 bits per heavy atom. The van der Waals surface area contributed by atoms with Gasteiger partial charge in [-0.05, 0) is 55.5 Å². The minimum absolute atomic E-state index is 0.0580. The molecular weight excluding hydrogens is 412 g/mol. The Hall–Kier alpha value is -2.91. The van der Waals surface area contributed by atoms with Crippen molar-refractivity contribution >= 4 is 32.2 Å². The third-order valence-electron chi connectivity index (χ3n) is 4.15. The molecule has 7 nitrogen and oxygen atoms in total. The van der Waals surface area contributed by atoms with Gasteiger partial charge in [0.05, 0.1) is 24.8 Å². The largest absolute Gasteiger partial charge is 0.497 e. The van der Waals surface area contributed by atoms with Crippen LogP contribution in [0.2, 0.25) is 0 Å². The van der Waals surface area contributed by atoms with Gasteiger partial charge in [-0.3, -0.25) is 4.79 Å². The van der Waals surface area contributed by atoms with E-state index in [-0.39, 0.29) is 4.90 Å². The Labute approximate surface area is 173 Å². The molecule has 0 radical (unpaired) electrons. The van der Waals surface area contributed by atoms with Crippen LogP contribution in [0, 0.1) is 6.92 Å². The summed E-state index contributed by atoms with van der Waals surface area (Å²) in [5, 5.41) is 2.93. The lowest BCUT2D eigenvalue weighted by Crippen LogP contribution is -2.22. The van der Waals surface area contributed by atoms with Gasteiger partial charge in [0.1, 0.15) is 17.3 Å². The quantitative estimate of drug-likeness (QED) is 0.614. The van der Waals surface area contributed by atoms with Crippen molar-refractivity contribution in [2.45, 2.75) is 11.8 Å². The first-order chi connectivity index (χ1) is 13.8. The van der Waals surface area contributed by atoms with Gasteiger partial charge in [0.25, 0.3) is 0 Å². The molecule has 1 amide bonds. The number of ether oxygens (including phenoxy) is 2. The van der Waals surface area contributed by atoms with Crippen molar-refractivity contribution in [2.75, 3.05) is 25.3 Å². The standard InChI is InChI=1S/C20H20N2O5S2/c1-13-19(14-4-6-15(26-2)7-5-14)22-20(28-13)21-18(23)12-29(24,25)17-10-8-16(27-3)9-11-17/h4-11H,12H2,1-3H3,(H,21,22,23). The van der Waals surface area contributed by atoms with Crippen LogP contribution in [0.3, 0.4) is 0 Å². The lowest BCUT2D eigenvalue weighted by molar-refractivity contribution is -0.113. The number of sulfone groups is 1. The van der Waals surface area contributed by atoms with Crippen molar-refractivity contribution in [1.29, 1.82) is 0 Å². The molecule has 9 heteroatoms. The number of aryl methyl sites for hydroxylation is 1. The molecule has 29 heavy (non-hydrogen) atoms. The zero-order valence-corrected chi connectivity index (χ0v) is 17.8. The van der Waals surface area contributed by atoms with Crippen LogP contribution in [0.1, 0.15) is 4.88 Å². The van der Waals surface area contributed by atoms with Gasteiger partial charge >= 0.3 is 0 Å². The predicted octanol–water partition coefficient (Wildman–Crippen LogP) is 3.55. The maximum Gasteiger partial charge on any atom is 0.241 e. The van der Waals surface area contributed by atoms with Gasteiger partial charge in [0.15, 0.2) is 15.0 Å². The third kappa shape index (κ3) is 4.93. The average Bonchev–Trinajstić information content (AvgIpc) is 3.07. The van der Waals surface area contributed by atoms with Crippen LogP contribution in [0.15, 0.2) is 53.4 Å². The predicted molar refractivity (Wildman–Crippen MR) is 113 cm³/mol. The van der Waals surface area contributed by atoms with E-state index in [0.29, 0.717) is 10.9 Å². The highest BCUT2D eigenvalue weighted by Gasteiger charge is 2.21. The van der Waals surface area contributed by atoms with Crippen LogP contribution >= 0.6 is 11.3 Å². The van der Waals surface area contributed by atoms with Crippen LogP contribution < -0.4 is 14.8 Å². The number of carbonyl (C=O) groups excluding carboxylic acids is 1. The van der Waals surface area contributed by atoms with Crippen molar-refractivity contribution in [3.63, 3.8) is 0 Å². The van der Waals surface area contributed by atoms with Gasteiger partial charge in [-0.1, -0.05) is 0 Å². The average molecular weight is 433 g/mol.